The van der Waals surface area contributed by atoms with E-state index in [0.717, 1.165) is 25.3 Å². The quantitative estimate of drug-likeness (QED) is 0.765. The number of rotatable bonds is 6. The SMILES string of the molecule is NC1CCC2CN(CC(=O)NCCOc3ccccc3)CC12. The largest absolute Gasteiger partial charge is 0.492 e. The summed E-state index contributed by atoms with van der Waals surface area (Å²) in [5.74, 6) is 2.20. The van der Waals surface area contributed by atoms with Gasteiger partial charge in [-0.3, -0.25) is 9.69 Å². The summed E-state index contributed by atoms with van der Waals surface area (Å²) >= 11 is 0. The summed E-state index contributed by atoms with van der Waals surface area (Å²) in [4.78, 5) is 14.2. The molecule has 22 heavy (non-hydrogen) atoms. The summed E-state index contributed by atoms with van der Waals surface area (Å²) in [5, 5.41) is 2.92. The highest BCUT2D eigenvalue weighted by Crippen LogP contribution is 2.36. The van der Waals surface area contributed by atoms with Crippen molar-refractivity contribution in [3.63, 3.8) is 0 Å². The molecule has 1 amide bonds. The van der Waals surface area contributed by atoms with E-state index in [4.69, 9.17) is 10.5 Å². The summed E-state index contributed by atoms with van der Waals surface area (Å²) in [6, 6.07) is 9.97. The second-order valence-corrected chi connectivity index (χ2v) is 6.37. The fourth-order valence-electron chi connectivity index (χ4n) is 3.66. The van der Waals surface area contributed by atoms with Crippen LogP contribution < -0.4 is 15.8 Å². The molecule has 0 aromatic heterocycles. The molecule has 5 nitrogen and oxygen atoms in total. The summed E-state index contributed by atoms with van der Waals surface area (Å²) in [5.41, 5.74) is 6.12. The third kappa shape index (κ3) is 3.78. The minimum absolute atomic E-state index is 0.0743. The van der Waals surface area contributed by atoms with Crippen LogP contribution >= 0.6 is 0 Å². The molecule has 3 N–H and O–H groups in total. The van der Waals surface area contributed by atoms with E-state index in [-0.39, 0.29) is 5.91 Å². The maximum atomic E-state index is 12.0. The lowest BCUT2D eigenvalue weighted by molar-refractivity contribution is -0.122. The van der Waals surface area contributed by atoms with Gasteiger partial charge in [0.2, 0.25) is 5.91 Å². The van der Waals surface area contributed by atoms with Crippen LogP contribution in [-0.4, -0.2) is 49.6 Å². The van der Waals surface area contributed by atoms with Gasteiger partial charge in [0.25, 0.3) is 0 Å². The summed E-state index contributed by atoms with van der Waals surface area (Å²) < 4.78 is 5.56. The summed E-state index contributed by atoms with van der Waals surface area (Å²) in [7, 11) is 0. The van der Waals surface area contributed by atoms with Crippen LogP contribution in [0.3, 0.4) is 0 Å². The molecule has 1 saturated carbocycles. The van der Waals surface area contributed by atoms with Gasteiger partial charge in [0.15, 0.2) is 0 Å². The first-order valence-electron chi connectivity index (χ1n) is 8.15. The Bertz CT molecular complexity index is 494. The minimum Gasteiger partial charge on any atom is -0.492 e. The Balaban J connectivity index is 1.32. The Kier molecular flexibility index (Phi) is 4.95. The number of hydrogen-bond acceptors (Lipinski definition) is 4. The molecule has 5 heteroatoms. The van der Waals surface area contributed by atoms with Crippen molar-refractivity contribution in [1.29, 1.82) is 0 Å². The number of para-hydroxylation sites is 1. The highest BCUT2D eigenvalue weighted by Gasteiger charge is 2.41. The van der Waals surface area contributed by atoms with Gasteiger partial charge in [-0.1, -0.05) is 18.2 Å². The molecule has 3 atom stereocenters. The number of nitrogens with one attached hydrogen (secondary N) is 1. The fourth-order valence-corrected chi connectivity index (χ4v) is 3.66. The van der Waals surface area contributed by atoms with Gasteiger partial charge in [0, 0.05) is 19.1 Å². The van der Waals surface area contributed by atoms with Gasteiger partial charge in [-0.25, -0.2) is 0 Å². The van der Waals surface area contributed by atoms with Gasteiger partial charge in [-0.05, 0) is 36.8 Å². The van der Waals surface area contributed by atoms with Gasteiger partial charge in [0.05, 0.1) is 13.1 Å². The maximum Gasteiger partial charge on any atom is 0.234 e. The molecule has 0 radical (unpaired) electrons. The molecule has 0 bridgehead atoms. The van der Waals surface area contributed by atoms with Gasteiger partial charge in [-0.2, -0.15) is 0 Å². The maximum absolute atomic E-state index is 12.0. The van der Waals surface area contributed by atoms with E-state index in [0.29, 0.717) is 37.6 Å². The van der Waals surface area contributed by atoms with E-state index in [1.807, 2.05) is 30.3 Å². The monoisotopic (exact) mass is 303 g/mol. The third-order valence-corrected chi connectivity index (χ3v) is 4.79. The molecule has 120 valence electrons. The van der Waals surface area contributed by atoms with Crippen molar-refractivity contribution in [3.8, 4) is 5.75 Å². The Morgan fingerprint density at radius 1 is 1.27 bits per heavy atom. The average Bonchev–Trinajstić information content (AvgIpc) is 3.07. The zero-order valence-electron chi connectivity index (χ0n) is 12.9. The highest BCUT2D eigenvalue weighted by molar-refractivity contribution is 5.78. The molecule has 1 aliphatic heterocycles. The van der Waals surface area contributed by atoms with E-state index in [2.05, 4.69) is 10.2 Å². The number of benzene rings is 1. The van der Waals surface area contributed by atoms with Gasteiger partial charge in [0.1, 0.15) is 12.4 Å². The van der Waals surface area contributed by atoms with E-state index in [9.17, 15) is 4.79 Å². The third-order valence-electron chi connectivity index (χ3n) is 4.79. The van der Waals surface area contributed by atoms with Gasteiger partial charge < -0.3 is 15.8 Å². The molecule has 1 aromatic rings. The fraction of sp³-hybridized carbons (Fsp3) is 0.588. The number of hydrogen-bond donors (Lipinski definition) is 2. The molecule has 2 aliphatic rings. The summed E-state index contributed by atoms with van der Waals surface area (Å²) in [6.45, 7) is 3.50. The first kappa shape index (κ1) is 15.3. The molecule has 1 aliphatic carbocycles. The second kappa shape index (κ2) is 7.11. The van der Waals surface area contributed by atoms with Crippen molar-refractivity contribution in [3.05, 3.63) is 30.3 Å². The van der Waals surface area contributed by atoms with Crippen LogP contribution in [0, 0.1) is 11.8 Å². The van der Waals surface area contributed by atoms with Crippen molar-refractivity contribution in [2.24, 2.45) is 17.6 Å². The first-order chi connectivity index (χ1) is 10.7. The van der Waals surface area contributed by atoms with E-state index < -0.39 is 0 Å². The number of likely N-dealkylation sites (tertiary alicyclic amines) is 1. The molecule has 1 aromatic carbocycles. The van der Waals surface area contributed by atoms with Crippen molar-refractivity contribution >= 4 is 5.91 Å². The smallest absolute Gasteiger partial charge is 0.234 e. The van der Waals surface area contributed by atoms with Crippen molar-refractivity contribution in [2.75, 3.05) is 32.8 Å². The number of amides is 1. The lowest BCUT2D eigenvalue weighted by Gasteiger charge is -2.17. The van der Waals surface area contributed by atoms with Crippen LogP contribution in [-0.2, 0) is 4.79 Å². The van der Waals surface area contributed by atoms with E-state index >= 15 is 0 Å². The second-order valence-electron chi connectivity index (χ2n) is 6.37. The topological polar surface area (TPSA) is 67.6 Å². The van der Waals surface area contributed by atoms with Crippen molar-refractivity contribution < 1.29 is 9.53 Å². The number of carbonyl (C=O) groups excluding carboxylic acids is 1. The van der Waals surface area contributed by atoms with Crippen LogP contribution in [0.2, 0.25) is 0 Å². The van der Waals surface area contributed by atoms with Crippen LogP contribution in [0.1, 0.15) is 12.8 Å². The lowest BCUT2D eigenvalue weighted by Crippen LogP contribution is -2.39. The predicted octanol–water partition coefficient (Wildman–Crippen LogP) is 0.851. The van der Waals surface area contributed by atoms with Crippen molar-refractivity contribution in [1.82, 2.24) is 10.2 Å². The predicted molar refractivity (Wildman–Crippen MR) is 85.6 cm³/mol. The van der Waals surface area contributed by atoms with Crippen molar-refractivity contribution in [2.45, 2.75) is 18.9 Å². The zero-order valence-corrected chi connectivity index (χ0v) is 12.9. The van der Waals surface area contributed by atoms with Crippen LogP contribution in [0.25, 0.3) is 0 Å². The molecular formula is C17H25N3O2. The highest BCUT2D eigenvalue weighted by atomic mass is 16.5. The zero-order chi connectivity index (χ0) is 15.4. The van der Waals surface area contributed by atoms with Gasteiger partial charge >= 0.3 is 0 Å². The number of fused-ring (bicyclic) bond motifs is 1. The molecule has 2 fully saturated rings. The molecular weight excluding hydrogens is 278 g/mol. The van der Waals surface area contributed by atoms with Gasteiger partial charge in [-0.15, -0.1) is 0 Å². The van der Waals surface area contributed by atoms with Crippen LogP contribution in [0.15, 0.2) is 30.3 Å². The van der Waals surface area contributed by atoms with E-state index in [1.165, 1.54) is 6.42 Å². The Labute approximate surface area is 131 Å². The average molecular weight is 303 g/mol. The standard InChI is InChI=1S/C17H25N3O2/c18-16-7-6-13-10-20(11-15(13)16)12-17(21)19-8-9-22-14-4-2-1-3-5-14/h1-5,13,15-16H,6-12,18H2,(H,19,21). The normalized spacial score (nSPS) is 27.6. The first-order valence-corrected chi connectivity index (χ1v) is 8.15. The molecule has 1 heterocycles. The lowest BCUT2D eigenvalue weighted by atomic mass is 9.98. The number of nitrogens with zero attached hydrogens (tertiary/aromatic N) is 1. The van der Waals surface area contributed by atoms with Crippen LogP contribution in [0.4, 0.5) is 0 Å². The Morgan fingerprint density at radius 2 is 2.09 bits per heavy atom. The molecule has 3 unspecified atom stereocenters. The van der Waals surface area contributed by atoms with Crippen LogP contribution in [0.5, 0.6) is 5.75 Å². The molecule has 0 spiro atoms. The number of carbonyl (C=O) groups is 1. The summed E-state index contributed by atoms with van der Waals surface area (Å²) in [6.07, 6.45) is 2.36. The molecule has 3 rings (SSSR count). The Hall–Kier alpha value is -1.59. The molecule has 1 saturated heterocycles. The number of nitrogens with two attached hydrogens (primary N) is 1. The minimum atomic E-state index is 0.0743. The van der Waals surface area contributed by atoms with E-state index in [1.54, 1.807) is 0 Å². The number of ether oxygens (including phenoxy) is 1. The Morgan fingerprint density at radius 3 is 2.86 bits per heavy atom.